The Morgan fingerprint density at radius 2 is 1.50 bits per heavy atom. The SMILES string of the molecule is CCOC(=O)/C=C/C(=O)OCC(CC)CC. The third-order valence-electron chi connectivity index (χ3n) is 2.26. The minimum absolute atomic E-state index is 0.298. The minimum Gasteiger partial charge on any atom is -0.463 e. The van der Waals surface area contributed by atoms with E-state index in [2.05, 4.69) is 18.6 Å². The van der Waals surface area contributed by atoms with Crippen molar-refractivity contribution < 1.29 is 19.1 Å². The Labute approximate surface area is 96.6 Å². The molecule has 0 aliphatic carbocycles. The maximum absolute atomic E-state index is 11.2. The normalized spacial score (nSPS) is 10.8. The van der Waals surface area contributed by atoms with Gasteiger partial charge in [0.2, 0.25) is 0 Å². The third kappa shape index (κ3) is 7.04. The van der Waals surface area contributed by atoms with Gasteiger partial charge in [-0.25, -0.2) is 9.59 Å². The topological polar surface area (TPSA) is 52.6 Å². The second kappa shape index (κ2) is 8.95. The van der Waals surface area contributed by atoms with Crippen molar-refractivity contribution in [3.63, 3.8) is 0 Å². The fourth-order valence-corrected chi connectivity index (χ4v) is 1.10. The number of ether oxygens (including phenoxy) is 2. The molecule has 0 aliphatic heterocycles. The lowest BCUT2D eigenvalue weighted by atomic mass is 10.1. The van der Waals surface area contributed by atoms with Gasteiger partial charge in [0.25, 0.3) is 0 Å². The van der Waals surface area contributed by atoms with Crippen molar-refractivity contribution in [2.45, 2.75) is 33.6 Å². The van der Waals surface area contributed by atoms with E-state index in [4.69, 9.17) is 4.74 Å². The number of carbonyl (C=O) groups excluding carboxylic acids is 2. The van der Waals surface area contributed by atoms with Crippen molar-refractivity contribution in [2.75, 3.05) is 13.2 Å². The highest BCUT2D eigenvalue weighted by atomic mass is 16.5. The van der Waals surface area contributed by atoms with Gasteiger partial charge in [-0.05, 0) is 12.8 Å². The van der Waals surface area contributed by atoms with Gasteiger partial charge in [0.05, 0.1) is 13.2 Å². The molecule has 0 heterocycles. The lowest BCUT2D eigenvalue weighted by molar-refractivity contribution is -0.141. The van der Waals surface area contributed by atoms with Crippen LogP contribution in [0.3, 0.4) is 0 Å². The highest BCUT2D eigenvalue weighted by Crippen LogP contribution is 2.07. The largest absolute Gasteiger partial charge is 0.463 e. The maximum Gasteiger partial charge on any atom is 0.331 e. The highest BCUT2D eigenvalue weighted by Gasteiger charge is 2.06. The molecule has 0 saturated heterocycles. The first-order valence-corrected chi connectivity index (χ1v) is 5.65. The molecule has 0 rings (SSSR count). The molecule has 0 aliphatic rings. The van der Waals surface area contributed by atoms with Crippen molar-refractivity contribution in [1.82, 2.24) is 0 Å². The van der Waals surface area contributed by atoms with Crippen LogP contribution in [0.4, 0.5) is 0 Å². The van der Waals surface area contributed by atoms with E-state index in [1.54, 1.807) is 6.92 Å². The molecule has 0 spiro atoms. The second-order valence-electron chi connectivity index (χ2n) is 3.40. The fourth-order valence-electron chi connectivity index (χ4n) is 1.10. The lowest BCUT2D eigenvalue weighted by Crippen LogP contribution is -2.11. The summed E-state index contributed by atoms with van der Waals surface area (Å²) in [6, 6.07) is 0. The standard InChI is InChI=1S/C12H20O4/c1-4-10(5-2)9-16-12(14)8-7-11(13)15-6-3/h7-8,10H,4-6,9H2,1-3H3/b8-7+. The smallest absolute Gasteiger partial charge is 0.331 e. The summed E-state index contributed by atoms with van der Waals surface area (Å²) in [6.45, 7) is 6.51. The van der Waals surface area contributed by atoms with Gasteiger partial charge in [0.15, 0.2) is 0 Å². The Morgan fingerprint density at radius 1 is 1.00 bits per heavy atom. The van der Waals surface area contributed by atoms with E-state index in [1.165, 1.54) is 0 Å². The van der Waals surface area contributed by atoms with Crippen LogP contribution in [0, 0.1) is 5.92 Å². The number of hydrogen-bond donors (Lipinski definition) is 0. The average molecular weight is 228 g/mol. The summed E-state index contributed by atoms with van der Waals surface area (Å²) in [5.74, 6) is -0.637. The van der Waals surface area contributed by atoms with Gasteiger partial charge in [-0.3, -0.25) is 0 Å². The summed E-state index contributed by atoms with van der Waals surface area (Å²) in [4.78, 5) is 22.1. The summed E-state index contributed by atoms with van der Waals surface area (Å²) in [5, 5.41) is 0. The zero-order valence-corrected chi connectivity index (χ0v) is 10.2. The fraction of sp³-hybridized carbons (Fsp3) is 0.667. The van der Waals surface area contributed by atoms with E-state index < -0.39 is 11.9 Å². The first-order chi connectivity index (χ1) is 7.63. The molecular formula is C12H20O4. The molecule has 16 heavy (non-hydrogen) atoms. The number of esters is 2. The van der Waals surface area contributed by atoms with Gasteiger partial charge in [0.1, 0.15) is 0 Å². The van der Waals surface area contributed by atoms with Crippen LogP contribution in [0.15, 0.2) is 12.2 Å². The van der Waals surface area contributed by atoms with E-state index in [9.17, 15) is 9.59 Å². The Hall–Kier alpha value is -1.32. The van der Waals surface area contributed by atoms with Crippen LogP contribution in [0.5, 0.6) is 0 Å². The average Bonchev–Trinajstić information content (AvgIpc) is 2.28. The molecule has 0 atom stereocenters. The molecule has 4 nitrogen and oxygen atoms in total. The number of hydrogen-bond acceptors (Lipinski definition) is 4. The summed E-state index contributed by atoms with van der Waals surface area (Å²) >= 11 is 0. The first-order valence-electron chi connectivity index (χ1n) is 5.65. The molecule has 0 aromatic rings. The first kappa shape index (κ1) is 14.7. The summed E-state index contributed by atoms with van der Waals surface area (Å²) in [5.41, 5.74) is 0. The van der Waals surface area contributed by atoms with E-state index >= 15 is 0 Å². The zero-order valence-electron chi connectivity index (χ0n) is 10.2. The van der Waals surface area contributed by atoms with Gasteiger partial charge >= 0.3 is 11.9 Å². The Morgan fingerprint density at radius 3 is 1.94 bits per heavy atom. The molecular weight excluding hydrogens is 208 g/mol. The molecule has 0 aromatic heterocycles. The van der Waals surface area contributed by atoms with Gasteiger partial charge in [-0.1, -0.05) is 26.7 Å². The van der Waals surface area contributed by atoms with Crippen molar-refractivity contribution in [3.8, 4) is 0 Å². The van der Waals surface area contributed by atoms with E-state index in [1.807, 2.05) is 0 Å². The van der Waals surface area contributed by atoms with Crippen LogP contribution in [0.1, 0.15) is 33.6 Å². The molecule has 4 heteroatoms. The molecule has 0 radical (unpaired) electrons. The van der Waals surface area contributed by atoms with Crippen LogP contribution >= 0.6 is 0 Å². The number of rotatable bonds is 7. The highest BCUT2D eigenvalue weighted by molar-refractivity contribution is 5.91. The Bertz CT molecular complexity index is 241. The van der Waals surface area contributed by atoms with Crippen LogP contribution in [-0.2, 0) is 19.1 Å². The summed E-state index contributed by atoms with van der Waals surface area (Å²) < 4.78 is 9.61. The van der Waals surface area contributed by atoms with E-state index in [0.29, 0.717) is 19.1 Å². The predicted octanol–water partition coefficient (Wildman–Crippen LogP) is 2.09. The molecule has 0 unspecified atom stereocenters. The van der Waals surface area contributed by atoms with Gasteiger partial charge in [-0.15, -0.1) is 0 Å². The van der Waals surface area contributed by atoms with E-state index in [-0.39, 0.29) is 0 Å². The second-order valence-corrected chi connectivity index (χ2v) is 3.40. The zero-order chi connectivity index (χ0) is 12.4. The van der Waals surface area contributed by atoms with Crippen molar-refractivity contribution in [3.05, 3.63) is 12.2 Å². The van der Waals surface area contributed by atoms with Crippen LogP contribution in [0.2, 0.25) is 0 Å². The number of carbonyl (C=O) groups is 2. The van der Waals surface area contributed by atoms with Crippen LogP contribution < -0.4 is 0 Å². The summed E-state index contributed by atoms with van der Waals surface area (Å²) in [6.07, 6.45) is 4.13. The summed E-state index contributed by atoms with van der Waals surface area (Å²) in [7, 11) is 0. The predicted molar refractivity (Wildman–Crippen MR) is 60.8 cm³/mol. The van der Waals surface area contributed by atoms with Gasteiger partial charge in [-0.2, -0.15) is 0 Å². The molecule has 0 aromatic carbocycles. The minimum atomic E-state index is -0.526. The molecule has 0 fully saturated rings. The van der Waals surface area contributed by atoms with Crippen molar-refractivity contribution in [2.24, 2.45) is 5.92 Å². The monoisotopic (exact) mass is 228 g/mol. The molecule has 0 amide bonds. The quantitative estimate of drug-likeness (QED) is 0.494. The Kier molecular flexibility index (Phi) is 8.21. The maximum atomic E-state index is 11.2. The Balaban J connectivity index is 3.85. The third-order valence-corrected chi connectivity index (χ3v) is 2.26. The molecule has 0 bridgehead atoms. The molecule has 92 valence electrons. The molecule has 0 saturated carbocycles. The molecule has 0 N–H and O–H groups in total. The lowest BCUT2D eigenvalue weighted by Gasteiger charge is -2.10. The van der Waals surface area contributed by atoms with Gasteiger partial charge < -0.3 is 9.47 Å². The van der Waals surface area contributed by atoms with Crippen molar-refractivity contribution >= 4 is 11.9 Å². The van der Waals surface area contributed by atoms with Crippen molar-refractivity contribution in [1.29, 1.82) is 0 Å². The van der Waals surface area contributed by atoms with Crippen LogP contribution in [0.25, 0.3) is 0 Å². The van der Waals surface area contributed by atoms with Crippen LogP contribution in [-0.4, -0.2) is 25.2 Å². The van der Waals surface area contributed by atoms with Gasteiger partial charge in [0, 0.05) is 12.2 Å². The van der Waals surface area contributed by atoms with E-state index in [0.717, 1.165) is 25.0 Å².